The van der Waals surface area contributed by atoms with Gasteiger partial charge in [0.1, 0.15) is 9.86 Å². The largest absolute Gasteiger partial charge is 0.370 e. The van der Waals surface area contributed by atoms with Crippen molar-refractivity contribution in [3.8, 4) is 0 Å². The van der Waals surface area contributed by atoms with Gasteiger partial charge < -0.3 is 10.1 Å². The van der Waals surface area contributed by atoms with Crippen molar-refractivity contribution in [2.24, 2.45) is 0 Å². The molecule has 1 unspecified atom stereocenters. The van der Waals surface area contributed by atoms with Crippen molar-refractivity contribution in [3.05, 3.63) is 82.2 Å². The lowest BCUT2D eigenvalue weighted by molar-refractivity contribution is -0.119. The number of benzene rings is 2. The highest BCUT2D eigenvalue weighted by Crippen LogP contribution is 2.42. The van der Waals surface area contributed by atoms with Crippen LogP contribution < -0.4 is 5.32 Å². The molecule has 1 N–H and O–H groups in total. The van der Waals surface area contributed by atoms with E-state index < -0.39 is 0 Å². The van der Waals surface area contributed by atoms with E-state index in [0.29, 0.717) is 12.4 Å². The van der Waals surface area contributed by atoms with Crippen LogP contribution in [0.2, 0.25) is 0 Å². The predicted octanol–water partition coefficient (Wildman–Crippen LogP) is 6.67. The van der Waals surface area contributed by atoms with Gasteiger partial charge in [-0.25, -0.2) is 9.97 Å². The van der Waals surface area contributed by atoms with E-state index in [1.807, 2.05) is 43.3 Å². The summed E-state index contributed by atoms with van der Waals surface area (Å²) in [6, 6.07) is 20.7. The van der Waals surface area contributed by atoms with Crippen LogP contribution in [0.4, 0.5) is 0 Å². The van der Waals surface area contributed by atoms with Crippen LogP contribution in [0.1, 0.15) is 42.3 Å². The van der Waals surface area contributed by atoms with E-state index in [9.17, 15) is 4.79 Å². The molecule has 0 spiro atoms. The molecule has 0 radical (unpaired) electrons. The van der Waals surface area contributed by atoms with Crippen LogP contribution in [0.5, 0.6) is 0 Å². The molecule has 3 heterocycles. The second-order valence-electron chi connectivity index (χ2n) is 9.94. The fourth-order valence-electron chi connectivity index (χ4n) is 4.45. The monoisotopic (exact) mass is 549 g/mol. The van der Waals surface area contributed by atoms with Crippen LogP contribution in [-0.2, 0) is 34.7 Å². The Morgan fingerprint density at radius 2 is 1.76 bits per heavy atom. The molecule has 1 atom stereocenters. The van der Waals surface area contributed by atoms with Gasteiger partial charge in [-0.3, -0.25) is 4.79 Å². The standard InChI is InChI=1S/C29H31N3O2S3/c1-19(14-20-10-6-4-7-11-20)30-24(33)18-35-26-25-22-15-29(2,3)34-16-23(22)37-27(25)32-28(31-26)36-17-21-12-8-5-9-13-21/h4-13,19H,14-18H2,1-3H3,(H,30,33). The first kappa shape index (κ1) is 26.2. The van der Waals surface area contributed by atoms with Gasteiger partial charge in [-0.05, 0) is 43.9 Å². The molecule has 5 nitrogen and oxygen atoms in total. The van der Waals surface area contributed by atoms with Gasteiger partial charge in [0.05, 0.1) is 18.0 Å². The molecule has 4 aromatic rings. The van der Waals surface area contributed by atoms with Crippen LogP contribution in [0, 0.1) is 0 Å². The molecular weight excluding hydrogens is 519 g/mol. The Balaban J connectivity index is 1.35. The topological polar surface area (TPSA) is 64.1 Å². The minimum atomic E-state index is -0.228. The molecule has 2 aromatic carbocycles. The summed E-state index contributed by atoms with van der Waals surface area (Å²) in [5.74, 6) is 1.14. The summed E-state index contributed by atoms with van der Waals surface area (Å²) in [6.07, 6.45) is 1.62. The van der Waals surface area contributed by atoms with Crippen molar-refractivity contribution < 1.29 is 9.53 Å². The quantitative estimate of drug-likeness (QED) is 0.143. The first-order valence-corrected chi connectivity index (χ1v) is 15.2. The molecule has 0 fully saturated rings. The Labute approximate surface area is 230 Å². The molecule has 1 amide bonds. The van der Waals surface area contributed by atoms with Crippen molar-refractivity contribution in [3.63, 3.8) is 0 Å². The molecular formula is C29H31N3O2S3. The Morgan fingerprint density at radius 1 is 1.05 bits per heavy atom. The average molecular weight is 550 g/mol. The summed E-state index contributed by atoms with van der Waals surface area (Å²) in [5.41, 5.74) is 3.50. The number of aromatic nitrogens is 2. The van der Waals surface area contributed by atoms with E-state index in [2.05, 4.69) is 43.4 Å². The second kappa shape index (κ2) is 11.6. The minimum absolute atomic E-state index is 0.0199. The smallest absolute Gasteiger partial charge is 0.230 e. The third-order valence-electron chi connectivity index (χ3n) is 6.22. The highest BCUT2D eigenvalue weighted by molar-refractivity contribution is 8.00. The number of carbonyl (C=O) groups excluding carboxylic acids is 1. The molecule has 0 saturated carbocycles. The van der Waals surface area contributed by atoms with E-state index in [0.717, 1.165) is 39.0 Å². The van der Waals surface area contributed by atoms with E-state index in [-0.39, 0.29) is 17.6 Å². The number of ether oxygens (including phenoxy) is 1. The molecule has 37 heavy (non-hydrogen) atoms. The number of carbonyl (C=O) groups is 1. The summed E-state index contributed by atoms with van der Waals surface area (Å²) >= 11 is 4.84. The highest BCUT2D eigenvalue weighted by Gasteiger charge is 2.31. The Morgan fingerprint density at radius 3 is 2.49 bits per heavy atom. The van der Waals surface area contributed by atoms with Crippen LogP contribution in [0.3, 0.4) is 0 Å². The fraction of sp³-hybridized carbons (Fsp3) is 0.345. The van der Waals surface area contributed by atoms with Crippen LogP contribution >= 0.6 is 34.9 Å². The molecule has 192 valence electrons. The number of hydrogen-bond donors (Lipinski definition) is 1. The number of thioether (sulfide) groups is 2. The highest BCUT2D eigenvalue weighted by atomic mass is 32.2. The molecule has 5 rings (SSSR count). The third kappa shape index (κ3) is 6.74. The van der Waals surface area contributed by atoms with Crippen molar-refractivity contribution >= 4 is 51.0 Å². The lowest BCUT2D eigenvalue weighted by atomic mass is 9.95. The average Bonchev–Trinajstić information content (AvgIpc) is 3.24. The van der Waals surface area contributed by atoms with Crippen LogP contribution in [-0.4, -0.2) is 33.3 Å². The van der Waals surface area contributed by atoms with Gasteiger partial charge in [-0.1, -0.05) is 84.2 Å². The third-order valence-corrected chi connectivity index (χ3v) is 9.21. The Bertz CT molecular complexity index is 1370. The molecule has 8 heteroatoms. The SMILES string of the molecule is CC(Cc1ccccc1)NC(=O)CSc1nc(SCc2ccccc2)nc2sc3c(c12)CC(C)(C)OC3. The molecule has 0 aliphatic carbocycles. The zero-order valence-corrected chi connectivity index (χ0v) is 23.8. The van der Waals surface area contributed by atoms with E-state index in [1.165, 1.54) is 33.3 Å². The van der Waals surface area contributed by atoms with Gasteiger partial charge in [-0.15, -0.1) is 11.3 Å². The van der Waals surface area contributed by atoms with Gasteiger partial charge in [0.2, 0.25) is 5.91 Å². The van der Waals surface area contributed by atoms with Gasteiger partial charge >= 0.3 is 0 Å². The summed E-state index contributed by atoms with van der Waals surface area (Å²) in [7, 11) is 0. The maximum absolute atomic E-state index is 12.9. The van der Waals surface area contributed by atoms with E-state index in [4.69, 9.17) is 14.7 Å². The van der Waals surface area contributed by atoms with Gasteiger partial charge in [0, 0.05) is 28.5 Å². The van der Waals surface area contributed by atoms with Crippen molar-refractivity contribution in [2.45, 2.75) is 67.8 Å². The van der Waals surface area contributed by atoms with Gasteiger partial charge in [0.15, 0.2) is 5.16 Å². The van der Waals surface area contributed by atoms with Crippen LogP contribution in [0.25, 0.3) is 10.2 Å². The first-order chi connectivity index (χ1) is 17.9. The van der Waals surface area contributed by atoms with E-state index >= 15 is 0 Å². The normalized spacial score (nSPS) is 15.3. The molecule has 0 bridgehead atoms. The maximum atomic E-state index is 12.9. The number of thiophene rings is 1. The van der Waals surface area contributed by atoms with Gasteiger partial charge in [-0.2, -0.15) is 0 Å². The van der Waals surface area contributed by atoms with Crippen LogP contribution in [0.15, 0.2) is 70.8 Å². The second-order valence-corrected chi connectivity index (χ2v) is 12.9. The zero-order chi connectivity index (χ0) is 25.8. The molecule has 1 aliphatic rings. The Kier molecular flexibility index (Phi) is 8.19. The molecule has 0 saturated heterocycles. The maximum Gasteiger partial charge on any atom is 0.230 e. The summed E-state index contributed by atoms with van der Waals surface area (Å²) < 4.78 is 6.07. The summed E-state index contributed by atoms with van der Waals surface area (Å²) in [6.45, 7) is 6.89. The number of nitrogens with one attached hydrogen (secondary N) is 1. The summed E-state index contributed by atoms with van der Waals surface area (Å²) in [5, 5.41) is 5.88. The number of amides is 1. The lowest BCUT2D eigenvalue weighted by Gasteiger charge is -2.30. The van der Waals surface area contributed by atoms with Crippen molar-refractivity contribution in [1.29, 1.82) is 0 Å². The fourth-order valence-corrected chi connectivity index (χ4v) is 7.40. The number of rotatable bonds is 9. The van der Waals surface area contributed by atoms with Crippen molar-refractivity contribution in [2.75, 3.05) is 5.75 Å². The number of hydrogen-bond acceptors (Lipinski definition) is 7. The molecule has 2 aromatic heterocycles. The molecule has 1 aliphatic heterocycles. The zero-order valence-electron chi connectivity index (χ0n) is 21.3. The minimum Gasteiger partial charge on any atom is -0.370 e. The summed E-state index contributed by atoms with van der Waals surface area (Å²) in [4.78, 5) is 25.0. The van der Waals surface area contributed by atoms with Gasteiger partial charge in [0.25, 0.3) is 0 Å². The van der Waals surface area contributed by atoms with E-state index in [1.54, 1.807) is 23.1 Å². The lowest BCUT2D eigenvalue weighted by Crippen LogP contribution is -2.35. The number of nitrogens with zero attached hydrogens (tertiary/aromatic N) is 2. The Hall–Kier alpha value is -2.39. The predicted molar refractivity (Wildman–Crippen MR) is 154 cm³/mol. The van der Waals surface area contributed by atoms with Crippen molar-refractivity contribution in [1.82, 2.24) is 15.3 Å². The first-order valence-electron chi connectivity index (χ1n) is 12.5. The number of fused-ring (bicyclic) bond motifs is 3.